The first-order valence-corrected chi connectivity index (χ1v) is 11.6. The molecule has 0 unspecified atom stereocenters. The molecule has 1 aliphatic rings. The van der Waals surface area contributed by atoms with Crippen LogP contribution >= 0.6 is 22.9 Å². The maximum atomic E-state index is 9.77. The molecule has 0 amide bonds. The topological polar surface area (TPSA) is 54.6 Å². The van der Waals surface area contributed by atoms with Crippen LogP contribution in [0.25, 0.3) is 0 Å². The van der Waals surface area contributed by atoms with E-state index in [4.69, 9.17) is 27.5 Å². The molecule has 31 heavy (non-hydrogen) atoms. The second kappa shape index (κ2) is 9.77. The van der Waals surface area contributed by atoms with Crippen molar-refractivity contribution in [2.24, 2.45) is 16.3 Å². The third-order valence-electron chi connectivity index (χ3n) is 5.55. The van der Waals surface area contributed by atoms with Crippen molar-refractivity contribution in [1.82, 2.24) is 0 Å². The number of hydrogen-bond donors (Lipinski definition) is 0. The number of terminal acetylenes is 1. The lowest BCUT2D eigenvalue weighted by atomic mass is 9.72. The molecule has 1 heterocycles. The van der Waals surface area contributed by atoms with Gasteiger partial charge in [0.1, 0.15) is 17.7 Å². The second-order valence-corrected chi connectivity index (χ2v) is 10.1. The van der Waals surface area contributed by atoms with E-state index in [1.54, 1.807) is 23.6 Å². The summed E-state index contributed by atoms with van der Waals surface area (Å²) >= 11 is 8.03. The van der Waals surface area contributed by atoms with Crippen LogP contribution in [0.1, 0.15) is 55.7 Å². The smallest absolute Gasteiger partial charge is 0.181 e. The Morgan fingerprint density at radius 3 is 2.77 bits per heavy atom. The first-order valence-electron chi connectivity index (χ1n) is 10.4. The number of aliphatic imine (C=N–C) groups is 1. The Labute approximate surface area is 193 Å². The summed E-state index contributed by atoms with van der Waals surface area (Å²) < 4.78 is 11.2. The summed E-state index contributed by atoms with van der Waals surface area (Å²) in [4.78, 5) is 5.95. The van der Waals surface area contributed by atoms with Gasteiger partial charge < -0.3 is 9.47 Å². The lowest BCUT2D eigenvalue weighted by Crippen LogP contribution is -2.26. The molecule has 2 aromatic rings. The molecule has 6 heteroatoms. The van der Waals surface area contributed by atoms with Crippen LogP contribution in [0.2, 0.25) is 5.02 Å². The summed E-state index contributed by atoms with van der Waals surface area (Å²) in [7, 11) is 0. The van der Waals surface area contributed by atoms with Crippen molar-refractivity contribution in [3.8, 4) is 29.9 Å². The third-order valence-corrected chi connectivity index (χ3v) is 6.99. The van der Waals surface area contributed by atoms with E-state index in [9.17, 15) is 5.26 Å². The van der Waals surface area contributed by atoms with Crippen molar-refractivity contribution in [2.75, 3.05) is 13.2 Å². The van der Waals surface area contributed by atoms with Gasteiger partial charge in [-0.15, -0.1) is 17.8 Å². The summed E-state index contributed by atoms with van der Waals surface area (Å²) in [5.74, 6) is 3.99. The molecule has 0 saturated heterocycles. The summed E-state index contributed by atoms with van der Waals surface area (Å²) in [6.45, 7) is 9.33. The molecule has 0 bridgehead atoms. The molecule has 0 N–H and O–H groups in total. The predicted octanol–water partition coefficient (Wildman–Crippen LogP) is 6.59. The molecule has 0 fully saturated rings. The van der Waals surface area contributed by atoms with Crippen LogP contribution in [0.4, 0.5) is 5.00 Å². The highest BCUT2D eigenvalue weighted by molar-refractivity contribution is 7.16. The molecule has 0 aliphatic heterocycles. The third kappa shape index (κ3) is 5.24. The first-order chi connectivity index (χ1) is 14.8. The molecule has 1 aromatic heterocycles. The van der Waals surface area contributed by atoms with Crippen LogP contribution in [-0.2, 0) is 12.8 Å². The molecule has 162 valence electrons. The molecular formula is C25H27ClN2O2S. The van der Waals surface area contributed by atoms with Crippen molar-refractivity contribution in [1.29, 1.82) is 5.26 Å². The van der Waals surface area contributed by atoms with Crippen molar-refractivity contribution in [3.05, 3.63) is 38.7 Å². The number of ether oxygens (including phenoxy) is 2. The maximum Gasteiger partial charge on any atom is 0.181 e. The molecule has 0 radical (unpaired) electrons. The van der Waals surface area contributed by atoms with E-state index in [1.165, 1.54) is 10.4 Å². The number of benzene rings is 1. The van der Waals surface area contributed by atoms with Gasteiger partial charge in [0.05, 0.1) is 17.2 Å². The fourth-order valence-electron chi connectivity index (χ4n) is 3.83. The quantitative estimate of drug-likeness (QED) is 0.365. The highest BCUT2D eigenvalue weighted by atomic mass is 35.5. The lowest BCUT2D eigenvalue weighted by molar-refractivity contribution is 0.218. The van der Waals surface area contributed by atoms with Gasteiger partial charge in [0, 0.05) is 11.1 Å². The van der Waals surface area contributed by atoms with Gasteiger partial charge in [-0.2, -0.15) is 5.26 Å². The maximum absolute atomic E-state index is 9.77. The zero-order valence-electron chi connectivity index (χ0n) is 18.4. The average Bonchev–Trinajstić information content (AvgIpc) is 3.08. The minimum Gasteiger partial charge on any atom is -0.490 e. The predicted molar refractivity (Wildman–Crippen MR) is 128 cm³/mol. The molecule has 4 nitrogen and oxygen atoms in total. The molecular weight excluding hydrogens is 428 g/mol. The minimum absolute atomic E-state index is 0.106. The van der Waals surface area contributed by atoms with Crippen molar-refractivity contribution in [3.63, 3.8) is 0 Å². The van der Waals surface area contributed by atoms with Gasteiger partial charge in [0.2, 0.25) is 0 Å². The van der Waals surface area contributed by atoms with Crippen LogP contribution in [0.3, 0.4) is 0 Å². The average molecular weight is 455 g/mol. The van der Waals surface area contributed by atoms with E-state index >= 15 is 0 Å². The van der Waals surface area contributed by atoms with Crippen LogP contribution in [0.15, 0.2) is 17.1 Å². The lowest BCUT2D eigenvalue weighted by Gasteiger charge is -2.33. The first kappa shape index (κ1) is 23.2. The Hall–Kier alpha value is -2.47. The molecule has 1 aliphatic carbocycles. The van der Waals surface area contributed by atoms with Gasteiger partial charge in [0.15, 0.2) is 11.5 Å². The molecule has 1 atom stereocenters. The van der Waals surface area contributed by atoms with E-state index in [1.807, 2.05) is 13.0 Å². The Morgan fingerprint density at radius 1 is 1.35 bits per heavy atom. The van der Waals surface area contributed by atoms with Crippen LogP contribution in [-0.4, -0.2) is 19.4 Å². The minimum atomic E-state index is 0.106. The molecule has 0 spiro atoms. The van der Waals surface area contributed by atoms with Gasteiger partial charge in [0.25, 0.3) is 0 Å². The summed E-state index contributed by atoms with van der Waals surface area (Å²) in [6, 6.07) is 5.95. The van der Waals surface area contributed by atoms with Gasteiger partial charge in [-0.3, -0.25) is 0 Å². The summed E-state index contributed by atoms with van der Waals surface area (Å²) in [6.07, 6.45) is 10.1. The van der Waals surface area contributed by atoms with Gasteiger partial charge >= 0.3 is 0 Å². The highest BCUT2D eigenvalue weighted by Crippen LogP contribution is 2.45. The number of thiophene rings is 1. The van der Waals surface area contributed by atoms with E-state index < -0.39 is 0 Å². The van der Waals surface area contributed by atoms with Crippen molar-refractivity contribution < 1.29 is 9.47 Å². The fraction of sp³-hybridized carbons (Fsp3) is 0.440. The zero-order valence-corrected chi connectivity index (χ0v) is 20.0. The molecule has 1 aromatic carbocycles. The van der Waals surface area contributed by atoms with Crippen molar-refractivity contribution >= 4 is 34.2 Å². The van der Waals surface area contributed by atoms with Crippen LogP contribution < -0.4 is 9.47 Å². The second-order valence-electron chi connectivity index (χ2n) is 8.62. The number of rotatable bonds is 6. The summed E-state index contributed by atoms with van der Waals surface area (Å²) in [5.41, 5.74) is 2.90. The normalized spacial score (nSPS) is 15.9. The number of hydrogen-bond acceptors (Lipinski definition) is 5. The van der Waals surface area contributed by atoms with E-state index in [-0.39, 0.29) is 12.0 Å². The van der Waals surface area contributed by atoms with E-state index in [2.05, 4.69) is 37.8 Å². The highest BCUT2D eigenvalue weighted by Gasteiger charge is 2.32. The largest absolute Gasteiger partial charge is 0.490 e. The van der Waals surface area contributed by atoms with E-state index in [0.29, 0.717) is 34.6 Å². The zero-order chi connectivity index (χ0) is 22.6. The SMILES string of the molecule is C#CCOc1c(Cl)cc(C=Nc2sc3c(c2C#N)CC[C@H](C(C)(C)C)C3)cc1OCC. The molecule has 3 rings (SSSR count). The number of fused-ring (bicyclic) bond motifs is 1. The standard InChI is InChI=1S/C25H27ClN2O2S/c1-6-10-30-23-20(26)11-16(12-21(23)29-7-2)15-28-24-19(14-27)18-9-8-17(25(3,4)5)13-22(18)31-24/h1,11-12,15,17H,7-10,13H2,2-5H3/t17-/m0/s1. The van der Waals surface area contributed by atoms with Crippen LogP contribution in [0.5, 0.6) is 11.5 Å². The monoisotopic (exact) mass is 454 g/mol. The van der Waals surface area contributed by atoms with Crippen molar-refractivity contribution in [2.45, 2.75) is 47.0 Å². The van der Waals surface area contributed by atoms with E-state index in [0.717, 1.165) is 29.8 Å². The Kier molecular flexibility index (Phi) is 7.31. The Balaban J connectivity index is 1.91. The van der Waals surface area contributed by atoms with Gasteiger partial charge in [-0.25, -0.2) is 4.99 Å². The summed E-state index contributed by atoms with van der Waals surface area (Å²) in [5, 5.41) is 10.9. The van der Waals surface area contributed by atoms with Crippen LogP contribution in [0, 0.1) is 35.0 Å². The number of nitriles is 1. The number of nitrogens with zero attached hydrogens (tertiary/aromatic N) is 2. The fourth-order valence-corrected chi connectivity index (χ4v) is 5.32. The Bertz CT molecular complexity index is 1070. The van der Waals surface area contributed by atoms with Gasteiger partial charge in [-0.1, -0.05) is 38.3 Å². The molecule has 0 saturated carbocycles. The number of halogens is 1. The Morgan fingerprint density at radius 2 is 2.13 bits per heavy atom. The van der Waals surface area contributed by atoms with Gasteiger partial charge in [-0.05, 0) is 60.8 Å².